The lowest BCUT2D eigenvalue weighted by molar-refractivity contribution is -0.113. The maximum absolute atomic E-state index is 13.0. The highest BCUT2D eigenvalue weighted by Crippen LogP contribution is 2.33. The van der Waals surface area contributed by atoms with E-state index in [-0.39, 0.29) is 11.7 Å². The number of benzene rings is 3. The van der Waals surface area contributed by atoms with Gasteiger partial charge in [0, 0.05) is 34.0 Å². The maximum atomic E-state index is 13.0. The zero-order valence-electron chi connectivity index (χ0n) is 20.9. The Bertz CT molecular complexity index is 1750. The Labute approximate surface area is 223 Å². The average Bonchev–Trinajstić information content (AvgIpc) is 3.69. The van der Waals surface area contributed by atoms with Crippen LogP contribution in [0.1, 0.15) is 6.92 Å². The van der Waals surface area contributed by atoms with E-state index in [0.29, 0.717) is 22.5 Å². The first-order valence-electron chi connectivity index (χ1n) is 12.2. The van der Waals surface area contributed by atoms with Crippen LogP contribution in [0, 0.1) is 0 Å². The monoisotopic (exact) mass is 523 g/mol. The summed E-state index contributed by atoms with van der Waals surface area (Å²) in [5, 5.41) is 14.6. The lowest BCUT2D eigenvalue weighted by Gasteiger charge is -2.13. The molecular formula is C29H25N5O3S. The van der Waals surface area contributed by atoms with E-state index in [1.54, 1.807) is 19.4 Å². The van der Waals surface area contributed by atoms with Crippen LogP contribution in [0.3, 0.4) is 0 Å². The molecule has 9 heteroatoms. The minimum absolute atomic E-state index is 0.136. The van der Waals surface area contributed by atoms with Gasteiger partial charge in [0.15, 0.2) is 10.9 Å². The number of rotatable bonds is 8. The van der Waals surface area contributed by atoms with Gasteiger partial charge in [0.05, 0.1) is 24.8 Å². The molecule has 6 aromatic rings. The third kappa shape index (κ3) is 4.20. The van der Waals surface area contributed by atoms with Gasteiger partial charge >= 0.3 is 0 Å². The lowest BCUT2D eigenvalue weighted by atomic mass is 10.1. The number of para-hydroxylation sites is 3. The summed E-state index contributed by atoms with van der Waals surface area (Å²) in [5.41, 5.74) is 3.85. The van der Waals surface area contributed by atoms with Crippen LogP contribution in [-0.2, 0) is 11.3 Å². The quantitative estimate of drug-likeness (QED) is 0.233. The van der Waals surface area contributed by atoms with Crippen molar-refractivity contribution in [3.8, 4) is 23.0 Å². The van der Waals surface area contributed by atoms with Crippen LogP contribution >= 0.6 is 11.8 Å². The highest BCUT2D eigenvalue weighted by Gasteiger charge is 2.21. The Morgan fingerprint density at radius 2 is 1.79 bits per heavy atom. The van der Waals surface area contributed by atoms with Crippen molar-refractivity contribution in [3.63, 3.8) is 0 Å². The van der Waals surface area contributed by atoms with E-state index in [2.05, 4.69) is 45.2 Å². The van der Waals surface area contributed by atoms with Gasteiger partial charge in [-0.15, -0.1) is 10.2 Å². The van der Waals surface area contributed by atoms with Crippen LogP contribution in [0.4, 0.5) is 5.69 Å². The summed E-state index contributed by atoms with van der Waals surface area (Å²) < 4.78 is 15.3. The molecule has 38 heavy (non-hydrogen) atoms. The fourth-order valence-corrected chi connectivity index (χ4v) is 5.50. The topological polar surface area (TPSA) is 87.1 Å². The number of fused-ring (bicyclic) bond motifs is 3. The number of methoxy groups -OCH3 is 1. The molecule has 0 unspecified atom stereocenters. The number of aryl methyl sites for hydroxylation is 1. The molecule has 1 N–H and O–H groups in total. The van der Waals surface area contributed by atoms with Crippen molar-refractivity contribution in [2.45, 2.75) is 18.6 Å². The molecule has 0 bridgehead atoms. The summed E-state index contributed by atoms with van der Waals surface area (Å²) in [4.78, 5) is 13.0. The molecule has 0 fully saturated rings. The molecule has 0 aliphatic rings. The first kappa shape index (κ1) is 23.9. The number of hydrogen-bond donors (Lipinski definition) is 1. The molecule has 8 nitrogen and oxygen atoms in total. The number of furan rings is 1. The minimum atomic E-state index is -0.136. The van der Waals surface area contributed by atoms with Crippen molar-refractivity contribution in [1.82, 2.24) is 19.3 Å². The van der Waals surface area contributed by atoms with Crippen LogP contribution < -0.4 is 10.1 Å². The van der Waals surface area contributed by atoms with Gasteiger partial charge in [-0.25, -0.2) is 0 Å². The first-order valence-corrected chi connectivity index (χ1v) is 13.2. The van der Waals surface area contributed by atoms with Crippen molar-refractivity contribution >= 4 is 45.2 Å². The zero-order chi connectivity index (χ0) is 26.1. The van der Waals surface area contributed by atoms with Gasteiger partial charge in [-0.2, -0.15) is 0 Å². The van der Waals surface area contributed by atoms with Crippen LogP contribution in [0.25, 0.3) is 39.1 Å². The molecule has 1 amide bonds. The fraction of sp³-hybridized carbons (Fsp3) is 0.138. The number of carbonyl (C=O) groups is 1. The Morgan fingerprint density at radius 1 is 0.974 bits per heavy atom. The highest BCUT2D eigenvalue weighted by atomic mass is 32.2. The van der Waals surface area contributed by atoms with E-state index in [9.17, 15) is 4.79 Å². The number of nitrogens with one attached hydrogen (secondary N) is 1. The molecule has 0 aliphatic carbocycles. The molecule has 190 valence electrons. The van der Waals surface area contributed by atoms with Gasteiger partial charge in [0.25, 0.3) is 0 Å². The molecule has 3 aromatic heterocycles. The van der Waals surface area contributed by atoms with Crippen molar-refractivity contribution in [2.24, 2.45) is 0 Å². The lowest BCUT2D eigenvalue weighted by Crippen LogP contribution is -2.14. The number of anilines is 1. The summed E-state index contributed by atoms with van der Waals surface area (Å²) >= 11 is 1.30. The van der Waals surface area contributed by atoms with Crippen molar-refractivity contribution < 1.29 is 13.9 Å². The van der Waals surface area contributed by atoms with Crippen molar-refractivity contribution in [3.05, 3.63) is 85.1 Å². The molecule has 0 spiro atoms. The van der Waals surface area contributed by atoms with E-state index in [1.807, 2.05) is 59.2 Å². The maximum Gasteiger partial charge on any atom is 0.234 e. The van der Waals surface area contributed by atoms with Gasteiger partial charge in [-0.1, -0.05) is 42.1 Å². The first-order chi connectivity index (χ1) is 18.7. The average molecular weight is 524 g/mol. The van der Waals surface area contributed by atoms with Crippen LogP contribution in [0.15, 0.2) is 94.7 Å². The third-order valence-corrected chi connectivity index (χ3v) is 7.33. The summed E-state index contributed by atoms with van der Waals surface area (Å²) in [5.74, 6) is 1.77. The summed E-state index contributed by atoms with van der Waals surface area (Å²) in [6.45, 7) is 3.01. The van der Waals surface area contributed by atoms with Crippen molar-refractivity contribution in [1.29, 1.82) is 0 Å². The molecule has 0 radical (unpaired) electrons. The van der Waals surface area contributed by atoms with E-state index < -0.39 is 0 Å². The van der Waals surface area contributed by atoms with Gasteiger partial charge in [-0.05, 0) is 55.5 Å². The van der Waals surface area contributed by atoms with E-state index in [0.717, 1.165) is 28.8 Å². The SMILES string of the molecule is CCn1c2ccccc2c2cc(NC(=O)CSc3nnc(-c4ccco4)n3-c3ccccc3OC)ccc21. The normalized spacial score (nSPS) is 11.3. The van der Waals surface area contributed by atoms with Crippen LogP contribution in [-0.4, -0.2) is 38.1 Å². The smallest absolute Gasteiger partial charge is 0.234 e. The largest absolute Gasteiger partial charge is 0.495 e. The predicted molar refractivity (Wildman–Crippen MR) is 150 cm³/mol. The van der Waals surface area contributed by atoms with E-state index in [4.69, 9.17) is 9.15 Å². The Hall–Kier alpha value is -4.50. The second-order valence-corrected chi connectivity index (χ2v) is 9.56. The van der Waals surface area contributed by atoms with E-state index >= 15 is 0 Å². The van der Waals surface area contributed by atoms with Gasteiger partial charge < -0.3 is 19.0 Å². The fourth-order valence-electron chi connectivity index (χ4n) is 4.76. The van der Waals surface area contributed by atoms with Gasteiger partial charge in [0.2, 0.25) is 11.7 Å². The summed E-state index contributed by atoms with van der Waals surface area (Å²) in [6, 6.07) is 25.6. The Morgan fingerprint density at radius 3 is 2.61 bits per heavy atom. The molecule has 0 saturated heterocycles. The van der Waals surface area contributed by atoms with E-state index in [1.165, 1.54) is 22.7 Å². The Kier molecular flexibility index (Phi) is 6.35. The second-order valence-electron chi connectivity index (χ2n) is 8.62. The molecule has 0 aliphatic heterocycles. The van der Waals surface area contributed by atoms with Crippen molar-refractivity contribution in [2.75, 3.05) is 18.2 Å². The number of nitrogens with zero attached hydrogens (tertiary/aromatic N) is 4. The predicted octanol–water partition coefficient (Wildman–Crippen LogP) is 6.39. The number of aromatic nitrogens is 4. The number of thioether (sulfide) groups is 1. The van der Waals surface area contributed by atoms with Gasteiger partial charge in [-0.3, -0.25) is 9.36 Å². The van der Waals surface area contributed by atoms with Crippen LogP contribution in [0.5, 0.6) is 5.75 Å². The number of amides is 1. The molecule has 6 rings (SSSR count). The molecule has 3 heterocycles. The third-order valence-electron chi connectivity index (χ3n) is 6.41. The molecular weight excluding hydrogens is 498 g/mol. The molecule has 0 atom stereocenters. The van der Waals surface area contributed by atoms with Gasteiger partial charge in [0.1, 0.15) is 5.75 Å². The standard InChI is InChI=1S/C29H25N5O3S/c1-3-33-22-10-5-4-9-20(22)21-17-19(14-15-23(21)33)30-27(35)18-38-29-32-31-28(26-13-8-16-37-26)34(29)24-11-6-7-12-25(24)36-2/h4-17H,3,18H2,1-2H3,(H,30,35). The van der Waals surface area contributed by atoms with Crippen LogP contribution in [0.2, 0.25) is 0 Å². The molecule has 3 aromatic carbocycles. The second kappa shape index (κ2) is 10.1. The Balaban J connectivity index is 1.26. The number of carbonyl (C=O) groups excluding carboxylic acids is 1. The number of ether oxygens (including phenoxy) is 1. The highest BCUT2D eigenvalue weighted by molar-refractivity contribution is 7.99. The zero-order valence-corrected chi connectivity index (χ0v) is 21.7. The number of hydrogen-bond acceptors (Lipinski definition) is 6. The molecule has 0 saturated carbocycles. The summed E-state index contributed by atoms with van der Waals surface area (Å²) in [7, 11) is 1.62. The minimum Gasteiger partial charge on any atom is -0.495 e. The summed E-state index contributed by atoms with van der Waals surface area (Å²) in [6.07, 6.45) is 1.59.